The average molecular weight is 391 g/mol. The Morgan fingerprint density at radius 2 is 1.80 bits per heavy atom. The summed E-state index contributed by atoms with van der Waals surface area (Å²) in [5.74, 6) is 0.296. The zero-order chi connectivity index (χ0) is 18.6. The minimum atomic E-state index is -4.29. The summed E-state index contributed by atoms with van der Waals surface area (Å²) in [5.41, 5.74) is 0.544. The lowest BCUT2D eigenvalue weighted by Crippen LogP contribution is -2.59. The Morgan fingerprint density at radius 3 is 2.36 bits per heavy atom. The molecule has 1 aliphatic heterocycles. The van der Waals surface area contributed by atoms with Crippen LogP contribution in [0.15, 0.2) is 29.3 Å². The lowest BCUT2D eigenvalue weighted by Gasteiger charge is -2.40. The van der Waals surface area contributed by atoms with Gasteiger partial charge in [0, 0.05) is 0 Å². The lowest BCUT2D eigenvalue weighted by atomic mass is 9.97. The number of aliphatic hydroxyl groups excluding tert-OH is 3. The van der Waals surface area contributed by atoms with Crippen molar-refractivity contribution in [2.24, 2.45) is 4.99 Å². The van der Waals surface area contributed by atoms with Gasteiger partial charge in [0.05, 0.1) is 23.1 Å². The highest BCUT2D eigenvalue weighted by atomic mass is 32.1. The molecule has 0 radical (unpaired) electrons. The van der Waals surface area contributed by atoms with Gasteiger partial charge >= 0.3 is 7.60 Å². The molecule has 5 N–H and O–H groups in total. The van der Waals surface area contributed by atoms with Crippen LogP contribution < -0.4 is 4.74 Å². The Labute approximate surface area is 148 Å². The molecule has 0 aliphatic carbocycles. The molecule has 0 spiro atoms. The van der Waals surface area contributed by atoms with Crippen LogP contribution in [0.5, 0.6) is 5.75 Å². The summed E-state index contributed by atoms with van der Waals surface area (Å²) >= 11 is 4.49. The van der Waals surface area contributed by atoms with Crippen molar-refractivity contribution in [3.63, 3.8) is 0 Å². The second kappa shape index (κ2) is 8.46. The SMILES string of the molecule is O=P(O)(O)CC[C@@H]1O[C@@H](Oc2ccc(N=C=S)cc2)[C@H](O)[C@H](O)[C@H]1O. The van der Waals surface area contributed by atoms with E-state index in [1.807, 2.05) is 0 Å². The van der Waals surface area contributed by atoms with Crippen LogP contribution in [0.25, 0.3) is 0 Å². The number of aliphatic hydroxyl groups is 3. The molecule has 1 aromatic carbocycles. The van der Waals surface area contributed by atoms with Crippen molar-refractivity contribution in [3.05, 3.63) is 24.3 Å². The van der Waals surface area contributed by atoms with Gasteiger partial charge < -0.3 is 34.6 Å². The monoisotopic (exact) mass is 391 g/mol. The second-order valence-corrected chi connectivity index (χ2v) is 7.47. The van der Waals surface area contributed by atoms with Crippen molar-refractivity contribution >= 4 is 30.7 Å². The fourth-order valence-electron chi connectivity index (χ4n) is 2.33. The van der Waals surface area contributed by atoms with Crippen molar-refractivity contribution in [2.45, 2.75) is 37.1 Å². The van der Waals surface area contributed by atoms with Gasteiger partial charge in [-0.3, -0.25) is 4.57 Å². The van der Waals surface area contributed by atoms with Crippen molar-refractivity contribution in [1.82, 2.24) is 0 Å². The molecule has 5 atom stereocenters. The fraction of sp³-hybridized carbons (Fsp3) is 0.500. The molecule has 9 nitrogen and oxygen atoms in total. The van der Waals surface area contributed by atoms with Crippen LogP contribution in [0.3, 0.4) is 0 Å². The standard InChI is InChI=1S/C14H18NO8PS/c16-11-10(5-6-24(19,20)21)23-14(13(18)12(11)17)22-9-3-1-8(2-4-9)15-7-25/h1-4,10-14,16-18H,5-6H2,(H2,19,20,21)/t10-,11-,12+,13+,14+/m0/s1. The third-order valence-corrected chi connectivity index (χ3v) is 4.57. The van der Waals surface area contributed by atoms with Crippen LogP contribution in [-0.2, 0) is 9.30 Å². The number of rotatable bonds is 6. The van der Waals surface area contributed by atoms with Crippen molar-refractivity contribution < 1.29 is 39.1 Å². The van der Waals surface area contributed by atoms with E-state index in [1.165, 1.54) is 12.1 Å². The van der Waals surface area contributed by atoms with Gasteiger partial charge in [-0.15, -0.1) is 0 Å². The third-order valence-electron chi connectivity index (χ3n) is 3.64. The number of isothiocyanates is 1. The van der Waals surface area contributed by atoms with Crippen LogP contribution >= 0.6 is 19.8 Å². The summed E-state index contributed by atoms with van der Waals surface area (Å²) in [7, 11) is -4.29. The number of nitrogens with zero attached hydrogens (tertiary/aromatic N) is 1. The zero-order valence-electron chi connectivity index (χ0n) is 12.9. The number of hydrogen-bond donors (Lipinski definition) is 5. The normalized spacial score (nSPS) is 29.7. The average Bonchev–Trinajstić information content (AvgIpc) is 2.55. The highest BCUT2D eigenvalue weighted by Crippen LogP contribution is 2.37. The Kier molecular flexibility index (Phi) is 6.81. The van der Waals surface area contributed by atoms with Gasteiger partial charge in [-0.05, 0) is 42.9 Å². The molecule has 1 heterocycles. The van der Waals surface area contributed by atoms with Crippen LogP contribution in [0.1, 0.15) is 6.42 Å². The minimum Gasteiger partial charge on any atom is -0.462 e. The minimum absolute atomic E-state index is 0.211. The first-order valence-electron chi connectivity index (χ1n) is 7.30. The number of aliphatic imine (C=N–C) groups is 1. The molecule has 1 aromatic rings. The smallest absolute Gasteiger partial charge is 0.325 e. The van der Waals surface area contributed by atoms with E-state index in [1.54, 1.807) is 12.1 Å². The maximum Gasteiger partial charge on any atom is 0.325 e. The molecule has 0 unspecified atom stereocenters. The molecular weight excluding hydrogens is 373 g/mol. The van der Waals surface area contributed by atoms with Crippen LogP contribution in [0.2, 0.25) is 0 Å². The quantitative estimate of drug-likeness (QED) is 0.260. The predicted octanol–water partition coefficient (Wildman–Crippen LogP) is 0.175. The van der Waals surface area contributed by atoms with E-state index < -0.39 is 44.5 Å². The van der Waals surface area contributed by atoms with Crippen molar-refractivity contribution in [1.29, 1.82) is 0 Å². The van der Waals surface area contributed by atoms with Gasteiger partial charge in [-0.1, -0.05) is 0 Å². The number of ether oxygens (including phenoxy) is 2. The highest BCUT2D eigenvalue weighted by Gasteiger charge is 2.45. The Hall–Kier alpha value is -1.19. The number of thiocarbonyl (C=S) groups is 1. The number of hydrogen-bond acceptors (Lipinski definition) is 8. The van der Waals surface area contributed by atoms with E-state index in [9.17, 15) is 19.9 Å². The van der Waals surface area contributed by atoms with Crippen molar-refractivity contribution in [3.8, 4) is 5.75 Å². The van der Waals surface area contributed by atoms with E-state index in [4.69, 9.17) is 19.3 Å². The van der Waals surface area contributed by atoms with Crippen LogP contribution in [0.4, 0.5) is 5.69 Å². The zero-order valence-corrected chi connectivity index (χ0v) is 14.6. The highest BCUT2D eigenvalue weighted by molar-refractivity contribution is 7.78. The molecule has 0 amide bonds. The molecule has 0 aromatic heterocycles. The Morgan fingerprint density at radius 1 is 1.16 bits per heavy atom. The van der Waals surface area contributed by atoms with Crippen LogP contribution in [0, 0.1) is 0 Å². The maximum atomic E-state index is 11.0. The summed E-state index contributed by atoms with van der Waals surface area (Å²) in [6.45, 7) is 0. The number of benzene rings is 1. The third kappa shape index (κ3) is 5.65. The summed E-state index contributed by atoms with van der Waals surface area (Å²) < 4.78 is 21.8. The molecule has 25 heavy (non-hydrogen) atoms. The molecular formula is C14H18NO8PS. The molecule has 11 heteroatoms. The molecule has 1 saturated heterocycles. The molecule has 138 valence electrons. The van der Waals surface area contributed by atoms with E-state index in [2.05, 4.69) is 22.4 Å². The molecule has 0 bridgehead atoms. The van der Waals surface area contributed by atoms with E-state index in [-0.39, 0.29) is 6.42 Å². The second-order valence-electron chi connectivity index (χ2n) is 5.51. The summed E-state index contributed by atoms with van der Waals surface area (Å²) in [6.07, 6.45) is -7.79. The molecule has 0 saturated carbocycles. The van der Waals surface area contributed by atoms with Gasteiger partial charge in [-0.2, -0.15) is 4.99 Å². The van der Waals surface area contributed by atoms with Gasteiger partial charge in [-0.25, -0.2) is 0 Å². The van der Waals surface area contributed by atoms with Gasteiger partial charge in [0.1, 0.15) is 24.1 Å². The van der Waals surface area contributed by atoms with Crippen molar-refractivity contribution in [2.75, 3.05) is 6.16 Å². The summed E-state index contributed by atoms with van der Waals surface area (Å²) in [6, 6.07) is 6.23. The Balaban J connectivity index is 2.07. The molecule has 1 fully saturated rings. The predicted molar refractivity (Wildman–Crippen MR) is 90.0 cm³/mol. The lowest BCUT2D eigenvalue weighted by molar-refractivity contribution is -0.272. The fourth-order valence-corrected chi connectivity index (χ4v) is 3.03. The topological polar surface area (TPSA) is 149 Å². The first kappa shape index (κ1) is 20.1. The van der Waals surface area contributed by atoms with Crippen LogP contribution in [-0.4, -0.2) is 67.1 Å². The van der Waals surface area contributed by atoms with E-state index in [0.717, 1.165) is 0 Å². The summed E-state index contributed by atoms with van der Waals surface area (Å²) in [5, 5.41) is 32.0. The maximum absolute atomic E-state index is 11.0. The van der Waals surface area contributed by atoms with Gasteiger partial charge in [0.2, 0.25) is 6.29 Å². The molecule has 1 aliphatic rings. The van der Waals surface area contributed by atoms with E-state index >= 15 is 0 Å². The van der Waals surface area contributed by atoms with Gasteiger partial charge in [0.15, 0.2) is 0 Å². The van der Waals surface area contributed by atoms with Gasteiger partial charge in [0.25, 0.3) is 0 Å². The Bertz CT molecular complexity index is 674. The first-order chi connectivity index (χ1) is 11.7. The molecule has 2 rings (SSSR count). The van der Waals surface area contributed by atoms with E-state index in [0.29, 0.717) is 11.4 Å². The first-order valence-corrected chi connectivity index (χ1v) is 9.50. The largest absolute Gasteiger partial charge is 0.462 e. The summed E-state index contributed by atoms with van der Waals surface area (Å²) in [4.78, 5) is 21.6.